The highest BCUT2D eigenvalue weighted by Crippen LogP contribution is 2.43. The van der Waals surface area contributed by atoms with Gasteiger partial charge in [0.25, 0.3) is 0 Å². The summed E-state index contributed by atoms with van der Waals surface area (Å²) in [6.45, 7) is 16.5. The molecule has 34 heavy (non-hydrogen) atoms. The maximum absolute atomic E-state index is 6.44. The van der Waals surface area contributed by atoms with E-state index in [0.29, 0.717) is 0 Å². The van der Waals surface area contributed by atoms with E-state index < -0.39 is 36.6 Å². The van der Waals surface area contributed by atoms with E-state index in [9.17, 15) is 0 Å². The van der Waals surface area contributed by atoms with Crippen molar-refractivity contribution >= 4 is 19.8 Å². The van der Waals surface area contributed by atoms with Gasteiger partial charge in [-0.1, -0.05) is 72.8 Å². The van der Waals surface area contributed by atoms with Gasteiger partial charge in [-0.25, -0.2) is 0 Å². The molecule has 2 aliphatic heterocycles. The fourth-order valence-corrected chi connectivity index (χ4v) is 4.00. The lowest BCUT2D eigenvalue weighted by Crippen LogP contribution is -2.41. The molecule has 4 nitrogen and oxygen atoms in total. The number of hydrogen-bond acceptors (Lipinski definition) is 4. The van der Waals surface area contributed by atoms with Crippen LogP contribution in [0.5, 0.6) is 0 Å². The highest BCUT2D eigenvalue weighted by atomic mass is 16.7. The van der Waals surface area contributed by atoms with Crippen LogP contribution in [0.2, 0.25) is 0 Å². The summed E-state index contributed by atoms with van der Waals surface area (Å²) in [6, 6.07) is 20.8. The second kappa shape index (κ2) is 8.83. The predicted octanol–water partition coefficient (Wildman–Crippen LogP) is 6.31. The molecule has 2 aliphatic rings. The first-order chi connectivity index (χ1) is 15.8. The van der Waals surface area contributed by atoms with E-state index in [-0.39, 0.29) is 0 Å². The van der Waals surface area contributed by atoms with Crippen LogP contribution in [0, 0.1) is 0 Å². The molecule has 2 saturated heterocycles. The minimum Gasteiger partial charge on any atom is -0.400 e. The van der Waals surface area contributed by atoms with Crippen molar-refractivity contribution in [1.82, 2.24) is 0 Å². The van der Waals surface area contributed by atoms with E-state index in [2.05, 4.69) is 116 Å². The van der Waals surface area contributed by atoms with Gasteiger partial charge in [-0.15, -0.1) is 0 Å². The van der Waals surface area contributed by atoms with E-state index in [4.69, 9.17) is 18.6 Å². The molecule has 0 N–H and O–H groups in total. The molecule has 0 amide bonds. The Morgan fingerprint density at radius 3 is 1.18 bits per heavy atom. The van der Waals surface area contributed by atoms with Crippen LogP contribution in [0.1, 0.15) is 66.5 Å². The highest BCUT2D eigenvalue weighted by Gasteiger charge is 2.59. The zero-order valence-electron chi connectivity index (χ0n) is 21.7. The minimum atomic E-state index is -0.580. The van der Waals surface area contributed by atoms with Crippen molar-refractivity contribution in [3.8, 4) is 0 Å². The zero-order valence-corrected chi connectivity index (χ0v) is 21.7. The van der Waals surface area contributed by atoms with Crippen molar-refractivity contribution in [3.63, 3.8) is 0 Å². The Morgan fingerprint density at radius 1 is 0.529 bits per heavy atom. The number of rotatable bonds is 5. The molecule has 0 saturated carbocycles. The molecule has 0 bridgehead atoms. The van der Waals surface area contributed by atoms with Crippen LogP contribution in [0.15, 0.2) is 78.2 Å². The van der Waals surface area contributed by atoms with Crippen molar-refractivity contribution in [2.24, 2.45) is 0 Å². The Labute approximate surface area is 205 Å². The van der Waals surface area contributed by atoms with Crippen LogP contribution in [-0.4, -0.2) is 36.6 Å². The van der Waals surface area contributed by atoms with Crippen LogP contribution in [0.3, 0.4) is 0 Å². The Bertz CT molecular complexity index is 961. The van der Waals surface area contributed by atoms with E-state index >= 15 is 0 Å². The number of hydrogen-bond donors (Lipinski definition) is 0. The molecule has 2 heterocycles. The van der Waals surface area contributed by atoms with Gasteiger partial charge < -0.3 is 18.6 Å². The van der Waals surface area contributed by atoms with Crippen LogP contribution in [-0.2, 0) is 18.6 Å². The number of allylic oxidation sites excluding steroid dienone is 2. The molecule has 2 aromatic carbocycles. The lowest BCUT2D eigenvalue weighted by molar-refractivity contribution is 0.00578. The van der Waals surface area contributed by atoms with Crippen LogP contribution in [0.25, 0.3) is 5.57 Å². The third kappa shape index (κ3) is 4.70. The summed E-state index contributed by atoms with van der Waals surface area (Å²) in [5.41, 5.74) is 1.50. The Hall–Kier alpha value is -2.11. The average Bonchev–Trinajstić information content (AvgIpc) is 3.11. The van der Waals surface area contributed by atoms with E-state index in [1.807, 2.05) is 12.1 Å². The van der Waals surface area contributed by atoms with Gasteiger partial charge in [-0.3, -0.25) is 0 Å². The van der Waals surface area contributed by atoms with Gasteiger partial charge in [0.15, 0.2) is 0 Å². The summed E-state index contributed by atoms with van der Waals surface area (Å²) < 4.78 is 25.8. The summed E-state index contributed by atoms with van der Waals surface area (Å²) in [7, 11) is -1.16. The molecule has 0 radical (unpaired) electrons. The van der Waals surface area contributed by atoms with Gasteiger partial charge >= 0.3 is 14.2 Å². The van der Waals surface area contributed by atoms with Gasteiger partial charge in [-0.2, -0.15) is 0 Å². The highest BCUT2D eigenvalue weighted by molar-refractivity contribution is 6.78. The standard InChI is InChI=1S/C28H36B2O4/c1-25(2)26(3,4)32-29(31-25)24(30-33-27(5,6)28(7,8)34-30)20-19-23(21-15-11-9-12-16-21)22-17-13-10-14-18-22/h9-20H,1-8H3. The molecular weight excluding hydrogens is 422 g/mol. The quantitative estimate of drug-likeness (QED) is 0.389. The molecule has 2 fully saturated rings. The molecule has 6 heteroatoms. The zero-order chi connectivity index (χ0) is 24.8. The van der Waals surface area contributed by atoms with Crippen molar-refractivity contribution in [1.29, 1.82) is 0 Å². The molecule has 0 aromatic heterocycles. The second-order valence-corrected chi connectivity index (χ2v) is 11.2. The van der Waals surface area contributed by atoms with Gasteiger partial charge in [0.2, 0.25) is 0 Å². The smallest absolute Gasteiger partial charge is 0.400 e. The summed E-state index contributed by atoms with van der Waals surface area (Å²) in [6.07, 6.45) is 4.18. The monoisotopic (exact) mass is 458 g/mol. The third-order valence-corrected chi connectivity index (χ3v) is 7.66. The lowest BCUT2D eigenvalue weighted by atomic mass is 9.57. The molecule has 178 valence electrons. The van der Waals surface area contributed by atoms with E-state index in [1.54, 1.807) is 0 Å². The van der Waals surface area contributed by atoms with E-state index in [1.165, 1.54) is 0 Å². The van der Waals surface area contributed by atoms with Crippen molar-refractivity contribution < 1.29 is 18.6 Å². The van der Waals surface area contributed by atoms with Crippen LogP contribution < -0.4 is 0 Å². The average molecular weight is 458 g/mol. The van der Waals surface area contributed by atoms with Gasteiger partial charge in [0.1, 0.15) is 0 Å². The SMILES string of the molecule is CC1(C)OB(C(=CC=C(c2ccccc2)c2ccccc2)B2OC(C)(C)C(C)(C)O2)OC1(C)C. The van der Waals surface area contributed by atoms with Crippen molar-refractivity contribution in [2.45, 2.75) is 77.8 Å². The summed E-state index contributed by atoms with van der Waals surface area (Å²) in [4.78, 5) is 0. The lowest BCUT2D eigenvalue weighted by Gasteiger charge is -2.32. The topological polar surface area (TPSA) is 36.9 Å². The number of benzene rings is 2. The largest absolute Gasteiger partial charge is 0.486 e. The first kappa shape index (κ1) is 25.0. The first-order valence-electron chi connectivity index (χ1n) is 12.1. The third-order valence-electron chi connectivity index (χ3n) is 7.66. The Balaban J connectivity index is 1.81. The predicted molar refractivity (Wildman–Crippen MR) is 140 cm³/mol. The maximum Gasteiger partial charge on any atom is 0.486 e. The molecular formula is C28H36B2O4. The van der Waals surface area contributed by atoms with E-state index in [0.717, 1.165) is 22.1 Å². The molecule has 0 spiro atoms. The summed E-state index contributed by atoms with van der Waals surface area (Å²) in [5.74, 6) is 0. The summed E-state index contributed by atoms with van der Waals surface area (Å²) in [5, 5.41) is 0.821. The normalized spacial score (nSPS) is 21.9. The molecule has 0 unspecified atom stereocenters. The molecule has 0 aliphatic carbocycles. The molecule has 0 atom stereocenters. The van der Waals surface area contributed by atoms with Crippen molar-refractivity contribution in [3.05, 3.63) is 89.3 Å². The first-order valence-corrected chi connectivity index (χ1v) is 12.1. The summed E-state index contributed by atoms with van der Waals surface area (Å²) >= 11 is 0. The minimum absolute atomic E-state index is 0.466. The van der Waals surface area contributed by atoms with Crippen molar-refractivity contribution in [2.75, 3.05) is 0 Å². The molecule has 2 aromatic rings. The maximum atomic E-state index is 6.44. The Kier molecular flexibility index (Phi) is 6.50. The van der Waals surface area contributed by atoms with Gasteiger partial charge in [0.05, 0.1) is 22.4 Å². The fraction of sp³-hybridized carbons (Fsp3) is 0.429. The van der Waals surface area contributed by atoms with Gasteiger partial charge in [-0.05, 0) is 77.5 Å². The van der Waals surface area contributed by atoms with Gasteiger partial charge in [0, 0.05) is 0 Å². The Morgan fingerprint density at radius 2 is 0.853 bits per heavy atom. The fourth-order valence-electron chi connectivity index (χ4n) is 4.00. The molecule has 4 rings (SSSR count). The van der Waals surface area contributed by atoms with Crippen LogP contribution >= 0.6 is 0 Å². The second-order valence-electron chi connectivity index (χ2n) is 11.2. The van der Waals surface area contributed by atoms with Crippen LogP contribution in [0.4, 0.5) is 0 Å².